The van der Waals surface area contributed by atoms with Crippen molar-refractivity contribution in [3.05, 3.63) is 0 Å². The second-order valence-corrected chi connectivity index (χ2v) is 9.81. The van der Waals surface area contributed by atoms with Gasteiger partial charge in [0, 0.05) is 33.0 Å². The quantitative estimate of drug-likeness (QED) is 0.0772. The number of ether oxygens (including phenoxy) is 4. The number of aliphatic hydroxyl groups is 8. The molecule has 2 fully saturated rings. The van der Waals surface area contributed by atoms with Crippen LogP contribution in [0.3, 0.4) is 0 Å². The number of aliphatic hydroxyl groups excluding tert-OH is 8. The fraction of sp³-hybridized carbons (Fsp3) is 0.917. The highest BCUT2D eigenvalue weighted by molar-refractivity contribution is 5.76. The largest absolute Gasteiger partial charge is 0.394 e. The van der Waals surface area contributed by atoms with Gasteiger partial charge in [-0.15, -0.1) is 0 Å². The molecule has 16 nitrogen and oxygen atoms in total. The van der Waals surface area contributed by atoms with Crippen LogP contribution in [-0.2, 0) is 28.5 Å². The van der Waals surface area contributed by atoms with Crippen molar-refractivity contribution in [3.63, 3.8) is 0 Å². The van der Waals surface area contributed by atoms with Crippen molar-refractivity contribution in [2.45, 2.75) is 94.0 Å². The van der Waals surface area contributed by atoms with Crippen molar-refractivity contribution in [1.29, 1.82) is 0 Å². The van der Waals surface area contributed by atoms with Crippen LogP contribution in [0.5, 0.6) is 0 Å². The lowest BCUT2D eigenvalue weighted by atomic mass is 9.99. The minimum absolute atomic E-state index is 0.00220. The summed E-state index contributed by atoms with van der Waals surface area (Å²) in [5.41, 5.74) is 0. The van der Waals surface area contributed by atoms with E-state index in [1.165, 1.54) is 11.8 Å². The Morgan fingerprint density at radius 3 is 1.62 bits per heavy atom. The van der Waals surface area contributed by atoms with Crippen molar-refractivity contribution in [2.24, 2.45) is 0 Å². The molecule has 0 saturated carbocycles. The van der Waals surface area contributed by atoms with E-state index < -0.39 is 74.6 Å². The number of nitrogens with one attached hydrogen (secondary N) is 1. The molecular formula is C24H44N2O14. The van der Waals surface area contributed by atoms with E-state index in [1.807, 2.05) is 0 Å². The van der Waals surface area contributed by atoms with Crippen LogP contribution < -0.4 is 5.32 Å². The third-order valence-electron chi connectivity index (χ3n) is 6.78. The van der Waals surface area contributed by atoms with Gasteiger partial charge >= 0.3 is 0 Å². The molecule has 2 saturated heterocycles. The number of nitrogens with zero attached hydrogens (tertiary/aromatic N) is 1. The summed E-state index contributed by atoms with van der Waals surface area (Å²) in [5.74, 6) is -0.407. The van der Waals surface area contributed by atoms with Gasteiger partial charge in [0.25, 0.3) is 0 Å². The Morgan fingerprint density at radius 2 is 1.20 bits per heavy atom. The van der Waals surface area contributed by atoms with Crippen LogP contribution >= 0.6 is 0 Å². The van der Waals surface area contributed by atoms with Crippen LogP contribution in [0, 0.1) is 0 Å². The number of carbonyl (C=O) groups is 2. The molecule has 0 aromatic carbocycles. The van der Waals surface area contributed by atoms with Gasteiger partial charge in [-0.1, -0.05) is 6.42 Å². The van der Waals surface area contributed by atoms with Gasteiger partial charge in [0.1, 0.15) is 48.8 Å². The Morgan fingerprint density at radius 1 is 0.725 bits per heavy atom. The zero-order valence-corrected chi connectivity index (χ0v) is 22.5. The molecule has 40 heavy (non-hydrogen) atoms. The summed E-state index contributed by atoms with van der Waals surface area (Å²) in [6, 6.07) is 0. The van der Waals surface area contributed by atoms with Crippen molar-refractivity contribution in [2.75, 3.05) is 46.1 Å². The van der Waals surface area contributed by atoms with Crippen molar-refractivity contribution in [3.8, 4) is 0 Å². The normalized spacial score (nSPS) is 34.4. The molecular weight excluding hydrogens is 540 g/mol. The van der Waals surface area contributed by atoms with Crippen LogP contribution in [0.15, 0.2) is 0 Å². The molecule has 234 valence electrons. The number of rotatable bonds is 16. The van der Waals surface area contributed by atoms with Crippen LogP contribution in [0.4, 0.5) is 0 Å². The maximum absolute atomic E-state index is 12.9. The Balaban J connectivity index is 1.91. The molecule has 0 aliphatic carbocycles. The Hall–Kier alpha value is -1.54. The van der Waals surface area contributed by atoms with E-state index in [0.29, 0.717) is 25.8 Å². The van der Waals surface area contributed by atoms with Gasteiger partial charge in [0.15, 0.2) is 12.6 Å². The van der Waals surface area contributed by atoms with Gasteiger partial charge in [-0.25, -0.2) is 0 Å². The van der Waals surface area contributed by atoms with Crippen LogP contribution in [0.25, 0.3) is 0 Å². The van der Waals surface area contributed by atoms with Crippen LogP contribution in [0.2, 0.25) is 0 Å². The highest BCUT2D eigenvalue weighted by Crippen LogP contribution is 2.23. The third kappa shape index (κ3) is 10.1. The molecule has 0 spiro atoms. The predicted molar refractivity (Wildman–Crippen MR) is 133 cm³/mol. The molecule has 10 atom stereocenters. The predicted octanol–water partition coefficient (Wildman–Crippen LogP) is -4.86. The van der Waals surface area contributed by atoms with Crippen molar-refractivity contribution < 1.29 is 69.4 Å². The molecule has 0 aromatic rings. The summed E-state index contributed by atoms with van der Waals surface area (Å²) in [6.07, 6.45) is -12.5. The van der Waals surface area contributed by atoms with E-state index in [4.69, 9.17) is 18.9 Å². The first kappa shape index (κ1) is 34.7. The molecule has 2 rings (SSSR count). The maximum atomic E-state index is 12.9. The molecule has 2 heterocycles. The summed E-state index contributed by atoms with van der Waals surface area (Å²) >= 11 is 0. The average molecular weight is 585 g/mol. The van der Waals surface area contributed by atoms with E-state index in [-0.39, 0.29) is 44.5 Å². The highest BCUT2D eigenvalue weighted by Gasteiger charge is 2.45. The number of hydrogen-bond acceptors (Lipinski definition) is 14. The summed E-state index contributed by atoms with van der Waals surface area (Å²) < 4.78 is 21.6. The second kappa shape index (κ2) is 17.4. The SMILES string of the molecule is CC(=O)NCCCCCC(=O)N(CCO[C@H]1O[C@H](CO)[C@@H](O)[C@H](O)[C@@H]1O)CCO[C@H]1O[C@H](CO)[C@@H](O)[C@H](O)[C@@H]1O. The lowest BCUT2D eigenvalue weighted by Crippen LogP contribution is -2.59. The fourth-order valence-electron chi connectivity index (χ4n) is 4.33. The van der Waals surface area contributed by atoms with E-state index in [9.17, 15) is 50.4 Å². The average Bonchev–Trinajstić information content (AvgIpc) is 2.93. The smallest absolute Gasteiger partial charge is 0.222 e. The zero-order valence-electron chi connectivity index (χ0n) is 22.5. The van der Waals surface area contributed by atoms with Crippen LogP contribution in [-0.4, -0.2) is 165 Å². The first-order valence-electron chi connectivity index (χ1n) is 13.4. The first-order chi connectivity index (χ1) is 19.0. The highest BCUT2D eigenvalue weighted by atomic mass is 16.7. The molecule has 0 bridgehead atoms. The molecule has 0 radical (unpaired) electrons. The minimum atomic E-state index is -1.61. The van der Waals surface area contributed by atoms with Gasteiger partial charge in [0.05, 0.1) is 26.4 Å². The monoisotopic (exact) mass is 584 g/mol. The van der Waals surface area contributed by atoms with Crippen molar-refractivity contribution >= 4 is 11.8 Å². The zero-order chi connectivity index (χ0) is 29.8. The topological polar surface area (TPSA) is 248 Å². The Labute approximate surface area is 232 Å². The maximum Gasteiger partial charge on any atom is 0.222 e. The molecule has 9 N–H and O–H groups in total. The van der Waals surface area contributed by atoms with Gasteiger partial charge in [-0.05, 0) is 12.8 Å². The number of hydrogen-bond donors (Lipinski definition) is 9. The lowest BCUT2D eigenvalue weighted by Gasteiger charge is -2.40. The van der Waals surface area contributed by atoms with E-state index in [1.54, 1.807) is 0 Å². The molecule has 2 aliphatic heterocycles. The van der Waals surface area contributed by atoms with Crippen molar-refractivity contribution in [1.82, 2.24) is 10.2 Å². The fourth-order valence-corrected chi connectivity index (χ4v) is 4.33. The number of amides is 2. The third-order valence-corrected chi connectivity index (χ3v) is 6.78. The lowest BCUT2D eigenvalue weighted by molar-refractivity contribution is -0.303. The summed E-state index contributed by atoms with van der Waals surface area (Å²) in [7, 11) is 0. The Bertz CT molecular complexity index is 717. The molecule has 2 aliphatic rings. The van der Waals surface area contributed by atoms with E-state index >= 15 is 0 Å². The van der Waals surface area contributed by atoms with Gasteiger partial charge in [0.2, 0.25) is 11.8 Å². The Kier molecular flexibility index (Phi) is 15.1. The summed E-state index contributed by atoms with van der Waals surface area (Å²) in [5, 5.41) is 81.3. The summed E-state index contributed by atoms with van der Waals surface area (Å²) in [4.78, 5) is 25.3. The van der Waals surface area contributed by atoms with Gasteiger partial charge in [-0.3, -0.25) is 9.59 Å². The second-order valence-electron chi connectivity index (χ2n) is 9.81. The van der Waals surface area contributed by atoms with Gasteiger partial charge < -0.3 is 70.0 Å². The first-order valence-corrected chi connectivity index (χ1v) is 13.4. The minimum Gasteiger partial charge on any atom is -0.394 e. The number of carbonyl (C=O) groups excluding carboxylic acids is 2. The number of unbranched alkanes of at least 4 members (excludes halogenated alkanes) is 2. The molecule has 16 heteroatoms. The van der Waals surface area contributed by atoms with Crippen LogP contribution in [0.1, 0.15) is 32.6 Å². The molecule has 0 aromatic heterocycles. The summed E-state index contributed by atoms with van der Waals surface area (Å²) in [6.45, 7) is 0.357. The van der Waals surface area contributed by atoms with E-state index in [0.717, 1.165) is 0 Å². The van der Waals surface area contributed by atoms with Gasteiger partial charge in [-0.2, -0.15) is 0 Å². The molecule has 2 amide bonds. The van der Waals surface area contributed by atoms with E-state index in [2.05, 4.69) is 5.32 Å². The molecule has 0 unspecified atom stereocenters. The standard InChI is InChI=1S/C24H44N2O14/c1-13(29)25-6-4-2-3-5-16(30)26(7-9-37-23-21(35)19(33)17(31)14(11-27)39-23)8-10-38-24-22(36)20(34)18(32)15(12-28)40-24/h14-15,17-24,27-28,31-36H,2-12H2,1H3,(H,25,29)/t14-,15-,17-,18-,19+,20+,21+,22+,23+,24+/m1/s1.